The van der Waals surface area contributed by atoms with E-state index in [0.29, 0.717) is 22.8 Å². The van der Waals surface area contributed by atoms with Crippen LogP contribution in [0.25, 0.3) is 11.1 Å². The summed E-state index contributed by atoms with van der Waals surface area (Å²) < 4.78 is 26.1. The second-order valence-electron chi connectivity index (χ2n) is 7.26. The molecule has 0 amide bonds. The van der Waals surface area contributed by atoms with Crippen molar-refractivity contribution in [3.8, 4) is 28.4 Å². The molecule has 0 heterocycles. The minimum Gasteiger partial charge on any atom is -0.490 e. The number of rotatable bonds is 7. The molecule has 29 heavy (non-hydrogen) atoms. The van der Waals surface area contributed by atoms with Crippen molar-refractivity contribution in [1.29, 1.82) is 0 Å². The molecule has 0 bridgehead atoms. The minimum atomic E-state index is -0.765. The summed E-state index contributed by atoms with van der Waals surface area (Å²) in [6.07, 6.45) is 1.74. The van der Waals surface area contributed by atoms with Gasteiger partial charge in [0.05, 0.1) is 6.10 Å². The molecule has 0 atom stereocenters. The van der Waals surface area contributed by atoms with Crippen molar-refractivity contribution in [2.24, 2.45) is 5.92 Å². The smallest absolute Gasteiger partial charge is 0.303 e. The predicted octanol–water partition coefficient (Wildman–Crippen LogP) is 5.92. The fourth-order valence-corrected chi connectivity index (χ4v) is 3.50. The molecule has 1 saturated carbocycles. The summed E-state index contributed by atoms with van der Waals surface area (Å²) in [7, 11) is 0. The van der Waals surface area contributed by atoms with Gasteiger partial charge in [-0.05, 0) is 66.8 Å². The largest absolute Gasteiger partial charge is 0.490 e. The summed E-state index contributed by atoms with van der Waals surface area (Å²) in [5.74, 6) is 1.05. The Kier molecular flexibility index (Phi) is 5.47. The SMILES string of the molecule is O=C(O)C[C@H]1C[C@H](Oc2ccc(-c3cc(Oc4ccccc4)ccc3F)cc2)C1. The van der Waals surface area contributed by atoms with Crippen LogP contribution in [0, 0.1) is 11.7 Å². The molecule has 4 rings (SSSR count). The number of hydrogen-bond donors (Lipinski definition) is 1. The molecule has 0 aromatic heterocycles. The van der Waals surface area contributed by atoms with Gasteiger partial charge >= 0.3 is 5.97 Å². The second kappa shape index (κ2) is 8.35. The summed E-state index contributed by atoms with van der Waals surface area (Å²) >= 11 is 0. The third-order valence-electron chi connectivity index (χ3n) is 5.04. The first-order valence-electron chi connectivity index (χ1n) is 9.58. The van der Waals surface area contributed by atoms with E-state index < -0.39 is 5.97 Å². The molecule has 1 fully saturated rings. The Bertz CT molecular complexity index is 980. The standard InChI is InChI=1S/C24H21FO4/c25-23-11-10-20(28-18-4-2-1-3-5-18)15-22(23)17-6-8-19(9-7-17)29-21-12-16(13-21)14-24(26)27/h1-11,15-16,21H,12-14H2,(H,26,27)/t16-,21-. The van der Waals surface area contributed by atoms with Gasteiger partial charge in [0.15, 0.2) is 0 Å². The maximum atomic E-state index is 14.4. The van der Waals surface area contributed by atoms with Crippen molar-refractivity contribution in [3.05, 3.63) is 78.6 Å². The highest BCUT2D eigenvalue weighted by Gasteiger charge is 2.32. The lowest BCUT2D eigenvalue weighted by atomic mass is 9.80. The summed E-state index contributed by atoms with van der Waals surface area (Å²) in [5, 5.41) is 8.81. The fourth-order valence-electron chi connectivity index (χ4n) is 3.50. The first-order chi connectivity index (χ1) is 14.1. The Morgan fingerprint density at radius 3 is 2.31 bits per heavy atom. The van der Waals surface area contributed by atoms with Crippen molar-refractivity contribution in [2.45, 2.75) is 25.4 Å². The molecule has 3 aromatic rings. The van der Waals surface area contributed by atoms with E-state index in [1.54, 1.807) is 12.1 Å². The number of carboxylic acids is 1. The van der Waals surface area contributed by atoms with E-state index in [1.165, 1.54) is 6.07 Å². The van der Waals surface area contributed by atoms with Gasteiger partial charge in [-0.1, -0.05) is 30.3 Å². The van der Waals surface area contributed by atoms with Crippen molar-refractivity contribution >= 4 is 5.97 Å². The van der Waals surface area contributed by atoms with E-state index in [2.05, 4.69) is 0 Å². The summed E-state index contributed by atoms with van der Waals surface area (Å²) in [5.41, 5.74) is 1.18. The molecule has 3 aromatic carbocycles. The number of para-hydroxylation sites is 1. The molecule has 0 spiro atoms. The Morgan fingerprint density at radius 2 is 1.62 bits per heavy atom. The lowest BCUT2D eigenvalue weighted by Crippen LogP contribution is -2.34. The van der Waals surface area contributed by atoms with E-state index in [-0.39, 0.29) is 24.3 Å². The van der Waals surface area contributed by atoms with Gasteiger partial charge in [0.2, 0.25) is 0 Å². The molecule has 4 nitrogen and oxygen atoms in total. The van der Waals surface area contributed by atoms with Gasteiger partial charge < -0.3 is 14.6 Å². The maximum Gasteiger partial charge on any atom is 0.303 e. The minimum absolute atomic E-state index is 0.0459. The van der Waals surface area contributed by atoms with Crippen LogP contribution >= 0.6 is 0 Å². The third-order valence-corrected chi connectivity index (χ3v) is 5.04. The average molecular weight is 392 g/mol. The average Bonchev–Trinajstić information content (AvgIpc) is 2.69. The van der Waals surface area contributed by atoms with Crippen LogP contribution in [0.5, 0.6) is 17.2 Å². The molecule has 0 saturated heterocycles. The zero-order chi connectivity index (χ0) is 20.2. The zero-order valence-electron chi connectivity index (χ0n) is 15.8. The van der Waals surface area contributed by atoms with Gasteiger partial charge in [0.25, 0.3) is 0 Å². The predicted molar refractivity (Wildman–Crippen MR) is 108 cm³/mol. The third kappa shape index (κ3) is 4.74. The molecule has 148 valence electrons. The fraction of sp³-hybridized carbons (Fsp3) is 0.208. The van der Waals surface area contributed by atoms with Crippen LogP contribution in [0.1, 0.15) is 19.3 Å². The van der Waals surface area contributed by atoms with Crippen LogP contribution in [0.3, 0.4) is 0 Å². The van der Waals surface area contributed by atoms with Crippen LogP contribution in [-0.4, -0.2) is 17.2 Å². The van der Waals surface area contributed by atoms with Crippen molar-refractivity contribution < 1.29 is 23.8 Å². The Hall–Kier alpha value is -3.34. The van der Waals surface area contributed by atoms with E-state index in [9.17, 15) is 9.18 Å². The van der Waals surface area contributed by atoms with E-state index in [1.807, 2.05) is 54.6 Å². The van der Waals surface area contributed by atoms with Gasteiger partial charge in [-0.2, -0.15) is 0 Å². The molecule has 0 unspecified atom stereocenters. The number of ether oxygens (including phenoxy) is 2. The highest BCUT2D eigenvalue weighted by Crippen LogP contribution is 2.35. The van der Waals surface area contributed by atoms with E-state index >= 15 is 0 Å². The van der Waals surface area contributed by atoms with Crippen molar-refractivity contribution in [1.82, 2.24) is 0 Å². The number of hydrogen-bond acceptors (Lipinski definition) is 3. The molecular formula is C24H21FO4. The number of carbonyl (C=O) groups is 1. The van der Waals surface area contributed by atoms with E-state index in [4.69, 9.17) is 14.6 Å². The Labute approximate surface area is 168 Å². The monoisotopic (exact) mass is 392 g/mol. The number of aliphatic carboxylic acids is 1. The quantitative estimate of drug-likeness (QED) is 0.542. The summed E-state index contributed by atoms with van der Waals surface area (Å²) in [6.45, 7) is 0. The number of benzene rings is 3. The maximum absolute atomic E-state index is 14.4. The second-order valence-corrected chi connectivity index (χ2v) is 7.26. The Balaban J connectivity index is 1.42. The first kappa shape index (κ1) is 19.0. The van der Waals surface area contributed by atoms with Gasteiger partial charge in [0, 0.05) is 12.0 Å². The molecule has 1 N–H and O–H groups in total. The molecule has 1 aliphatic rings. The highest BCUT2D eigenvalue weighted by molar-refractivity contribution is 5.67. The number of halogens is 1. The molecule has 0 aliphatic heterocycles. The van der Waals surface area contributed by atoms with Crippen LogP contribution in [0.4, 0.5) is 4.39 Å². The lowest BCUT2D eigenvalue weighted by Gasteiger charge is -2.34. The zero-order valence-corrected chi connectivity index (χ0v) is 15.8. The van der Waals surface area contributed by atoms with Crippen LogP contribution in [0.15, 0.2) is 72.8 Å². The first-order valence-corrected chi connectivity index (χ1v) is 9.58. The topological polar surface area (TPSA) is 55.8 Å². The summed E-state index contributed by atoms with van der Waals surface area (Å²) in [4.78, 5) is 10.7. The van der Waals surface area contributed by atoms with E-state index in [0.717, 1.165) is 18.4 Å². The van der Waals surface area contributed by atoms with Crippen LogP contribution in [-0.2, 0) is 4.79 Å². The molecule has 5 heteroatoms. The number of carboxylic acid groups (broad SMARTS) is 1. The van der Waals surface area contributed by atoms with Crippen LogP contribution < -0.4 is 9.47 Å². The van der Waals surface area contributed by atoms with Gasteiger partial charge in [-0.3, -0.25) is 4.79 Å². The summed E-state index contributed by atoms with van der Waals surface area (Å²) in [6, 6.07) is 21.3. The molecule has 0 radical (unpaired) electrons. The van der Waals surface area contributed by atoms with Gasteiger partial charge in [0.1, 0.15) is 23.1 Å². The highest BCUT2D eigenvalue weighted by atomic mass is 19.1. The van der Waals surface area contributed by atoms with Crippen molar-refractivity contribution in [2.75, 3.05) is 0 Å². The van der Waals surface area contributed by atoms with Crippen LogP contribution in [0.2, 0.25) is 0 Å². The molecular weight excluding hydrogens is 371 g/mol. The van der Waals surface area contributed by atoms with Gasteiger partial charge in [-0.15, -0.1) is 0 Å². The molecule has 1 aliphatic carbocycles. The van der Waals surface area contributed by atoms with Gasteiger partial charge in [-0.25, -0.2) is 4.39 Å². The Morgan fingerprint density at radius 1 is 0.931 bits per heavy atom. The lowest BCUT2D eigenvalue weighted by molar-refractivity contribution is -0.139. The normalized spacial score (nSPS) is 18.0. The van der Waals surface area contributed by atoms with Crippen molar-refractivity contribution in [3.63, 3.8) is 0 Å².